The van der Waals surface area contributed by atoms with E-state index < -0.39 is 11.6 Å². The van der Waals surface area contributed by atoms with Crippen LogP contribution in [0.3, 0.4) is 0 Å². The highest BCUT2D eigenvalue weighted by Crippen LogP contribution is 2.12. The van der Waals surface area contributed by atoms with E-state index in [2.05, 4.69) is 5.32 Å². The van der Waals surface area contributed by atoms with Crippen molar-refractivity contribution < 1.29 is 13.6 Å². The molecular formula is C12H17F2N3O. The molecule has 4 nitrogen and oxygen atoms in total. The Labute approximate surface area is 105 Å². The van der Waals surface area contributed by atoms with E-state index in [1.165, 1.54) is 0 Å². The van der Waals surface area contributed by atoms with Gasteiger partial charge in [0.1, 0.15) is 11.6 Å². The number of likely N-dealkylation sites (N-methyl/N-ethyl adjacent to an activating group) is 1. The molecule has 100 valence electrons. The van der Waals surface area contributed by atoms with Crippen LogP contribution in [0.25, 0.3) is 0 Å². The minimum Gasteiger partial charge on any atom is -0.327 e. The number of hydrogen-bond donors (Lipinski definition) is 2. The van der Waals surface area contributed by atoms with Crippen molar-refractivity contribution in [3.05, 3.63) is 29.8 Å². The lowest BCUT2D eigenvalue weighted by Gasteiger charge is -2.18. The van der Waals surface area contributed by atoms with Gasteiger partial charge in [-0.1, -0.05) is 0 Å². The molecule has 0 saturated carbocycles. The summed E-state index contributed by atoms with van der Waals surface area (Å²) < 4.78 is 25.8. The average Bonchev–Trinajstić information content (AvgIpc) is 2.12. The first-order valence-corrected chi connectivity index (χ1v) is 5.57. The third-order valence-corrected chi connectivity index (χ3v) is 2.16. The molecule has 1 atom stereocenters. The monoisotopic (exact) mass is 257 g/mol. The van der Waals surface area contributed by atoms with Crippen LogP contribution in [0.2, 0.25) is 0 Å². The summed E-state index contributed by atoms with van der Waals surface area (Å²) in [6.45, 7) is 2.50. The van der Waals surface area contributed by atoms with Crippen LogP contribution in [0.5, 0.6) is 0 Å². The maximum Gasteiger partial charge on any atom is 0.238 e. The molecule has 1 aromatic carbocycles. The predicted octanol–water partition coefficient (Wildman–Crippen LogP) is 1.18. The smallest absolute Gasteiger partial charge is 0.238 e. The van der Waals surface area contributed by atoms with Crippen molar-refractivity contribution in [2.24, 2.45) is 5.73 Å². The Morgan fingerprint density at radius 2 is 1.94 bits per heavy atom. The summed E-state index contributed by atoms with van der Waals surface area (Å²) in [5.74, 6) is -1.80. The summed E-state index contributed by atoms with van der Waals surface area (Å²) in [5.41, 5.74) is 5.69. The molecule has 0 spiro atoms. The molecule has 0 aliphatic rings. The van der Waals surface area contributed by atoms with Crippen molar-refractivity contribution in [1.82, 2.24) is 4.90 Å². The number of nitrogens with zero attached hydrogens (tertiary/aromatic N) is 1. The van der Waals surface area contributed by atoms with E-state index in [1.807, 2.05) is 6.92 Å². The van der Waals surface area contributed by atoms with Gasteiger partial charge in [-0.25, -0.2) is 8.78 Å². The molecule has 0 heterocycles. The zero-order valence-corrected chi connectivity index (χ0v) is 10.4. The summed E-state index contributed by atoms with van der Waals surface area (Å²) in [7, 11) is 1.75. The summed E-state index contributed by atoms with van der Waals surface area (Å²) in [6.07, 6.45) is 0. The number of amides is 1. The largest absolute Gasteiger partial charge is 0.327 e. The number of nitrogens with two attached hydrogens (primary N) is 1. The first-order valence-electron chi connectivity index (χ1n) is 5.57. The Morgan fingerprint density at radius 1 is 1.39 bits per heavy atom. The second-order valence-corrected chi connectivity index (χ2v) is 4.38. The van der Waals surface area contributed by atoms with E-state index in [0.29, 0.717) is 6.54 Å². The van der Waals surface area contributed by atoms with E-state index in [1.54, 1.807) is 11.9 Å². The second kappa shape index (κ2) is 6.42. The van der Waals surface area contributed by atoms with Gasteiger partial charge in [-0.2, -0.15) is 0 Å². The molecule has 1 amide bonds. The van der Waals surface area contributed by atoms with Crippen LogP contribution in [-0.4, -0.2) is 37.0 Å². The number of hydrogen-bond acceptors (Lipinski definition) is 3. The van der Waals surface area contributed by atoms with Crippen LogP contribution in [-0.2, 0) is 4.79 Å². The molecule has 1 rings (SSSR count). The molecule has 0 saturated heterocycles. The Balaban J connectivity index is 2.54. The molecule has 3 N–H and O–H groups in total. The first kappa shape index (κ1) is 14.5. The lowest BCUT2D eigenvalue weighted by atomic mass is 10.3. The number of rotatable bonds is 5. The van der Waals surface area contributed by atoms with E-state index in [4.69, 9.17) is 5.73 Å². The van der Waals surface area contributed by atoms with Crippen molar-refractivity contribution in [2.75, 3.05) is 25.5 Å². The normalized spacial score (nSPS) is 12.6. The van der Waals surface area contributed by atoms with Crippen molar-refractivity contribution in [1.29, 1.82) is 0 Å². The van der Waals surface area contributed by atoms with Gasteiger partial charge < -0.3 is 11.1 Å². The summed E-state index contributed by atoms with van der Waals surface area (Å²) in [6, 6.07) is 2.83. The first-order chi connectivity index (χ1) is 8.36. The molecular weight excluding hydrogens is 240 g/mol. The zero-order chi connectivity index (χ0) is 13.7. The molecule has 0 radical (unpaired) electrons. The quantitative estimate of drug-likeness (QED) is 0.833. The lowest BCUT2D eigenvalue weighted by Crippen LogP contribution is -2.37. The molecule has 1 aromatic rings. The van der Waals surface area contributed by atoms with Crippen LogP contribution in [0.4, 0.5) is 14.5 Å². The number of benzene rings is 1. The molecule has 18 heavy (non-hydrogen) atoms. The summed E-state index contributed by atoms with van der Waals surface area (Å²) in [4.78, 5) is 13.3. The average molecular weight is 257 g/mol. The van der Waals surface area contributed by atoms with Crippen LogP contribution in [0.15, 0.2) is 18.2 Å². The Bertz CT molecular complexity index is 404. The van der Waals surface area contributed by atoms with E-state index in [-0.39, 0.29) is 24.2 Å². The Kier molecular flexibility index (Phi) is 5.18. The number of carbonyl (C=O) groups is 1. The second-order valence-electron chi connectivity index (χ2n) is 4.38. The SMILES string of the molecule is CC(N)CN(C)CC(=O)Nc1cc(F)cc(F)c1. The summed E-state index contributed by atoms with van der Waals surface area (Å²) >= 11 is 0. The predicted molar refractivity (Wildman–Crippen MR) is 66.1 cm³/mol. The number of carbonyl (C=O) groups excluding carboxylic acids is 1. The molecule has 0 aromatic heterocycles. The van der Waals surface area contributed by atoms with Crippen molar-refractivity contribution in [3.8, 4) is 0 Å². The third-order valence-electron chi connectivity index (χ3n) is 2.16. The van der Waals surface area contributed by atoms with Crippen LogP contribution < -0.4 is 11.1 Å². The molecule has 0 aliphatic carbocycles. The van der Waals surface area contributed by atoms with Crippen LogP contribution >= 0.6 is 0 Å². The zero-order valence-electron chi connectivity index (χ0n) is 10.4. The third kappa shape index (κ3) is 5.20. The van der Waals surface area contributed by atoms with Gasteiger partial charge in [0.2, 0.25) is 5.91 Å². The lowest BCUT2D eigenvalue weighted by molar-refractivity contribution is -0.117. The fourth-order valence-corrected chi connectivity index (χ4v) is 1.63. The summed E-state index contributed by atoms with van der Waals surface area (Å²) in [5, 5.41) is 2.43. The molecule has 0 aliphatic heterocycles. The Hall–Kier alpha value is -1.53. The maximum atomic E-state index is 12.9. The number of anilines is 1. The van der Waals surface area contributed by atoms with Crippen molar-refractivity contribution in [2.45, 2.75) is 13.0 Å². The highest BCUT2D eigenvalue weighted by Gasteiger charge is 2.09. The van der Waals surface area contributed by atoms with Crippen LogP contribution in [0.1, 0.15) is 6.92 Å². The molecule has 1 unspecified atom stereocenters. The standard InChI is InChI=1S/C12H17F2N3O/c1-8(15)6-17(2)7-12(18)16-11-4-9(13)3-10(14)5-11/h3-5,8H,6-7,15H2,1-2H3,(H,16,18). The van der Waals surface area contributed by atoms with E-state index >= 15 is 0 Å². The van der Waals surface area contributed by atoms with Gasteiger partial charge >= 0.3 is 0 Å². The van der Waals surface area contributed by atoms with Gasteiger partial charge in [-0.15, -0.1) is 0 Å². The number of nitrogens with one attached hydrogen (secondary N) is 1. The van der Waals surface area contributed by atoms with Gasteiger partial charge in [0.15, 0.2) is 0 Å². The highest BCUT2D eigenvalue weighted by atomic mass is 19.1. The van der Waals surface area contributed by atoms with Gasteiger partial charge in [0.25, 0.3) is 0 Å². The van der Waals surface area contributed by atoms with Gasteiger partial charge in [-0.05, 0) is 26.1 Å². The number of halogens is 2. The fraction of sp³-hybridized carbons (Fsp3) is 0.417. The van der Waals surface area contributed by atoms with Crippen LogP contribution in [0, 0.1) is 11.6 Å². The van der Waals surface area contributed by atoms with Gasteiger partial charge in [-0.3, -0.25) is 9.69 Å². The fourth-order valence-electron chi connectivity index (χ4n) is 1.63. The van der Waals surface area contributed by atoms with Crippen molar-refractivity contribution in [3.63, 3.8) is 0 Å². The van der Waals surface area contributed by atoms with E-state index in [9.17, 15) is 13.6 Å². The molecule has 6 heteroatoms. The topological polar surface area (TPSA) is 58.4 Å². The van der Waals surface area contributed by atoms with E-state index in [0.717, 1.165) is 18.2 Å². The van der Waals surface area contributed by atoms with Gasteiger partial charge in [0.05, 0.1) is 6.54 Å². The highest BCUT2D eigenvalue weighted by molar-refractivity contribution is 5.92. The van der Waals surface area contributed by atoms with Crippen molar-refractivity contribution >= 4 is 11.6 Å². The minimum atomic E-state index is -0.728. The maximum absolute atomic E-state index is 12.9. The molecule has 0 bridgehead atoms. The molecule has 0 fully saturated rings. The van der Waals surface area contributed by atoms with Gasteiger partial charge in [0, 0.05) is 24.3 Å². The Morgan fingerprint density at radius 3 is 2.44 bits per heavy atom. The minimum absolute atomic E-state index is 0.0468.